The first-order valence-electron chi connectivity index (χ1n) is 10.0. The monoisotopic (exact) mass is 358 g/mol. The molecule has 26 heavy (non-hydrogen) atoms. The third kappa shape index (κ3) is 3.70. The van der Waals surface area contributed by atoms with Gasteiger partial charge in [-0.2, -0.15) is 0 Å². The van der Waals surface area contributed by atoms with E-state index in [1.807, 2.05) is 11.8 Å². The second-order valence-corrected chi connectivity index (χ2v) is 8.74. The van der Waals surface area contributed by atoms with Crippen LogP contribution in [0.5, 0.6) is 0 Å². The fourth-order valence-corrected chi connectivity index (χ4v) is 4.83. The lowest BCUT2D eigenvalue weighted by Gasteiger charge is -2.40. The van der Waals surface area contributed by atoms with Gasteiger partial charge >= 0.3 is 0 Å². The van der Waals surface area contributed by atoms with E-state index in [1.165, 1.54) is 38.8 Å². The van der Waals surface area contributed by atoms with E-state index in [4.69, 9.17) is 0 Å². The smallest absolute Gasteiger partial charge is 0.254 e. The number of piperidine rings is 1. The molecule has 1 saturated carbocycles. The largest absolute Gasteiger partial charge is 0.342 e. The molecule has 1 aliphatic carbocycles. The summed E-state index contributed by atoms with van der Waals surface area (Å²) in [6, 6.07) is 0. The number of nitrogens with zero attached hydrogens (tertiary/aromatic N) is 3. The highest BCUT2D eigenvalue weighted by Crippen LogP contribution is 2.40. The van der Waals surface area contributed by atoms with Gasteiger partial charge < -0.3 is 14.8 Å². The van der Waals surface area contributed by atoms with Crippen molar-refractivity contribution in [3.63, 3.8) is 0 Å². The van der Waals surface area contributed by atoms with Crippen LogP contribution in [-0.4, -0.2) is 58.4 Å². The summed E-state index contributed by atoms with van der Waals surface area (Å²) in [5, 5.41) is 0. The quantitative estimate of drug-likeness (QED) is 0.889. The van der Waals surface area contributed by atoms with Gasteiger partial charge in [0.25, 0.3) is 5.56 Å². The van der Waals surface area contributed by atoms with Gasteiger partial charge in [-0.1, -0.05) is 0 Å². The average Bonchev–Trinajstić information content (AvgIpc) is 3.30. The lowest BCUT2D eigenvalue weighted by atomic mass is 9.79. The molecule has 6 nitrogen and oxygen atoms in total. The molecule has 1 amide bonds. The van der Waals surface area contributed by atoms with Crippen molar-refractivity contribution in [3.8, 4) is 0 Å². The topological polar surface area (TPSA) is 69.3 Å². The van der Waals surface area contributed by atoms with Crippen molar-refractivity contribution in [2.45, 2.75) is 52.4 Å². The van der Waals surface area contributed by atoms with Crippen LogP contribution in [0.15, 0.2) is 4.79 Å². The van der Waals surface area contributed by atoms with E-state index in [0.717, 1.165) is 32.0 Å². The highest BCUT2D eigenvalue weighted by atomic mass is 16.2. The fraction of sp³-hybridized carbons (Fsp3) is 0.750. The third-order valence-corrected chi connectivity index (χ3v) is 6.41. The van der Waals surface area contributed by atoms with Crippen LogP contribution in [0.2, 0.25) is 0 Å². The highest BCUT2D eigenvalue weighted by Gasteiger charge is 2.43. The summed E-state index contributed by atoms with van der Waals surface area (Å²) in [5.41, 5.74) is 1.28. The Morgan fingerprint density at radius 2 is 2.04 bits per heavy atom. The standard InChI is InChI=1S/C20H30N4O2/c1-14-17(19(26)22-15(2)21-14)10-18(25)24-9-7-20(13-24)6-3-8-23(12-20)11-16-4-5-16/h16H,3-13H2,1-2H3,(H,21,22,26). The van der Waals surface area contributed by atoms with E-state index in [0.29, 0.717) is 17.1 Å². The van der Waals surface area contributed by atoms with E-state index in [1.54, 1.807) is 6.92 Å². The minimum atomic E-state index is -0.175. The molecule has 2 aliphatic heterocycles. The minimum Gasteiger partial charge on any atom is -0.342 e. The molecule has 6 heteroatoms. The maximum absolute atomic E-state index is 12.8. The number of aromatic amines is 1. The zero-order valence-electron chi connectivity index (χ0n) is 16.0. The van der Waals surface area contributed by atoms with Crippen molar-refractivity contribution in [3.05, 3.63) is 27.4 Å². The van der Waals surface area contributed by atoms with Gasteiger partial charge in [0.2, 0.25) is 5.91 Å². The molecule has 142 valence electrons. The molecule has 4 rings (SSSR count). The third-order valence-electron chi connectivity index (χ3n) is 6.41. The Morgan fingerprint density at radius 3 is 2.77 bits per heavy atom. The highest BCUT2D eigenvalue weighted by molar-refractivity contribution is 5.79. The molecular weight excluding hydrogens is 328 g/mol. The summed E-state index contributed by atoms with van der Waals surface area (Å²) >= 11 is 0. The Kier molecular flexibility index (Phi) is 4.63. The second kappa shape index (κ2) is 6.80. The summed E-state index contributed by atoms with van der Waals surface area (Å²) in [5.74, 6) is 1.59. The van der Waals surface area contributed by atoms with Crippen LogP contribution in [0.1, 0.15) is 49.2 Å². The number of aromatic nitrogens is 2. The molecule has 3 aliphatic rings. The summed E-state index contributed by atoms with van der Waals surface area (Å²) in [6.07, 6.45) is 6.52. The molecule has 1 atom stereocenters. The van der Waals surface area contributed by atoms with E-state index in [-0.39, 0.29) is 23.3 Å². The summed E-state index contributed by atoms with van der Waals surface area (Å²) in [7, 11) is 0. The van der Waals surface area contributed by atoms with Gasteiger partial charge in [-0.25, -0.2) is 4.98 Å². The van der Waals surface area contributed by atoms with Crippen LogP contribution in [0.3, 0.4) is 0 Å². The van der Waals surface area contributed by atoms with Crippen LogP contribution >= 0.6 is 0 Å². The summed E-state index contributed by atoms with van der Waals surface area (Å²) < 4.78 is 0. The molecule has 1 unspecified atom stereocenters. The lowest BCUT2D eigenvalue weighted by Crippen LogP contribution is -2.46. The number of carbonyl (C=O) groups excluding carboxylic acids is 1. The zero-order chi connectivity index (χ0) is 18.3. The van der Waals surface area contributed by atoms with Gasteiger partial charge in [-0.15, -0.1) is 0 Å². The van der Waals surface area contributed by atoms with Gasteiger partial charge in [0.05, 0.1) is 6.42 Å². The van der Waals surface area contributed by atoms with Gasteiger partial charge in [-0.05, 0) is 58.4 Å². The molecule has 1 aromatic heterocycles. The Balaban J connectivity index is 1.40. The Labute approximate surface area is 155 Å². The van der Waals surface area contributed by atoms with E-state index in [9.17, 15) is 9.59 Å². The normalized spacial score (nSPS) is 26.6. The van der Waals surface area contributed by atoms with Gasteiger partial charge in [0, 0.05) is 42.9 Å². The molecule has 2 saturated heterocycles. The Bertz CT molecular complexity index is 755. The average molecular weight is 358 g/mol. The predicted molar refractivity (Wildman–Crippen MR) is 100 cm³/mol. The minimum absolute atomic E-state index is 0.0699. The number of aryl methyl sites for hydroxylation is 2. The van der Waals surface area contributed by atoms with Gasteiger partial charge in [0.1, 0.15) is 5.82 Å². The van der Waals surface area contributed by atoms with Crippen molar-refractivity contribution in [2.24, 2.45) is 11.3 Å². The van der Waals surface area contributed by atoms with Crippen LogP contribution in [0.25, 0.3) is 0 Å². The Hall–Kier alpha value is -1.69. The fourth-order valence-electron chi connectivity index (χ4n) is 4.83. The van der Waals surface area contributed by atoms with Crippen LogP contribution in [-0.2, 0) is 11.2 Å². The van der Waals surface area contributed by atoms with Crippen LogP contribution < -0.4 is 5.56 Å². The molecular formula is C20H30N4O2. The van der Waals surface area contributed by atoms with Crippen molar-refractivity contribution < 1.29 is 4.79 Å². The van der Waals surface area contributed by atoms with E-state index < -0.39 is 0 Å². The number of H-pyrrole nitrogens is 1. The van der Waals surface area contributed by atoms with Crippen LogP contribution in [0.4, 0.5) is 0 Å². The summed E-state index contributed by atoms with van der Waals surface area (Å²) in [6.45, 7) is 8.86. The first-order valence-corrected chi connectivity index (χ1v) is 10.0. The number of hydrogen-bond donors (Lipinski definition) is 1. The summed E-state index contributed by atoms with van der Waals surface area (Å²) in [4.78, 5) is 36.7. The maximum Gasteiger partial charge on any atom is 0.254 e. The molecule has 1 spiro atoms. The number of amides is 1. The van der Waals surface area contributed by atoms with Crippen molar-refractivity contribution in [1.82, 2.24) is 19.8 Å². The van der Waals surface area contributed by atoms with Gasteiger partial charge in [-0.3, -0.25) is 9.59 Å². The molecule has 0 aromatic carbocycles. The van der Waals surface area contributed by atoms with Crippen LogP contribution in [0, 0.1) is 25.2 Å². The van der Waals surface area contributed by atoms with E-state index in [2.05, 4.69) is 14.9 Å². The molecule has 3 fully saturated rings. The van der Waals surface area contributed by atoms with E-state index >= 15 is 0 Å². The number of likely N-dealkylation sites (tertiary alicyclic amines) is 2. The zero-order valence-corrected chi connectivity index (χ0v) is 16.0. The van der Waals surface area contributed by atoms with Gasteiger partial charge in [0.15, 0.2) is 0 Å². The number of carbonyl (C=O) groups is 1. The number of nitrogens with one attached hydrogen (secondary N) is 1. The van der Waals surface area contributed by atoms with Crippen molar-refractivity contribution in [2.75, 3.05) is 32.7 Å². The lowest BCUT2D eigenvalue weighted by molar-refractivity contribution is -0.130. The molecule has 0 radical (unpaired) electrons. The first kappa shape index (κ1) is 17.7. The van der Waals surface area contributed by atoms with Crippen molar-refractivity contribution >= 4 is 5.91 Å². The molecule has 1 N–H and O–H groups in total. The second-order valence-electron chi connectivity index (χ2n) is 8.74. The predicted octanol–water partition coefficient (Wildman–Crippen LogP) is 1.65. The SMILES string of the molecule is Cc1nc(C)c(CC(=O)N2CCC3(CCCN(CC4CC4)C3)C2)c(=O)[nH]1. The van der Waals surface area contributed by atoms with Crippen molar-refractivity contribution in [1.29, 1.82) is 0 Å². The molecule has 0 bridgehead atoms. The maximum atomic E-state index is 12.8. The molecule has 3 heterocycles. The number of rotatable bonds is 4. The molecule has 1 aromatic rings. The first-order chi connectivity index (χ1) is 12.4. The number of hydrogen-bond acceptors (Lipinski definition) is 4. The Morgan fingerprint density at radius 1 is 1.23 bits per heavy atom.